The molecule has 6 heteroatoms. The lowest BCUT2D eigenvalue weighted by atomic mass is 9.85. The predicted octanol–water partition coefficient (Wildman–Crippen LogP) is 4.87. The topological polar surface area (TPSA) is 75.4 Å². The first kappa shape index (κ1) is 22.7. The van der Waals surface area contributed by atoms with Gasteiger partial charge in [-0.05, 0) is 53.8 Å². The highest BCUT2D eigenvalue weighted by molar-refractivity contribution is 5.95. The molecule has 5 nitrogen and oxygen atoms in total. The van der Waals surface area contributed by atoms with Crippen LogP contribution < -0.4 is 11.1 Å². The fraction of sp³-hybridized carbons (Fsp3) is 0.259. The molecule has 1 fully saturated rings. The van der Waals surface area contributed by atoms with E-state index in [9.17, 15) is 14.0 Å². The minimum absolute atomic E-state index is 0.0207. The van der Waals surface area contributed by atoms with Gasteiger partial charge in [0.25, 0.3) is 5.91 Å². The number of halogens is 1. The predicted molar refractivity (Wildman–Crippen MR) is 127 cm³/mol. The first-order valence-corrected chi connectivity index (χ1v) is 11.2. The Bertz CT molecular complexity index is 1140. The fourth-order valence-electron chi connectivity index (χ4n) is 3.97. The van der Waals surface area contributed by atoms with Gasteiger partial charge >= 0.3 is 0 Å². The molecule has 3 aromatic rings. The van der Waals surface area contributed by atoms with Crippen molar-refractivity contribution in [1.82, 2.24) is 4.90 Å². The molecular formula is C27H28FN3O2. The van der Waals surface area contributed by atoms with E-state index in [1.807, 2.05) is 48.5 Å². The maximum atomic E-state index is 13.8. The van der Waals surface area contributed by atoms with Crippen LogP contribution in [0.15, 0.2) is 72.8 Å². The van der Waals surface area contributed by atoms with Crippen molar-refractivity contribution in [2.24, 2.45) is 11.7 Å². The third-order valence-corrected chi connectivity index (χ3v) is 6.07. The minimum atomic E-state index is -0.459. The average molecular weight is 446 g/mol. The largest absolute Gasteiger partial charge is 0.330 e. The van der Waals surface area contributed by atoms with Crippen molar-refractivity contribution in [2.45, 2.75) is 38.9 Å². The molecule has 3 aromatic carbocycles. The van der Waals surface area contributed by atoms with Crippen molar-refractivity contribution < 1.29 is 14.0 Å². The average Bonchev–Trinajstić information content (AvgIpc) is 2.78. The summed E-state index contributed by atoms with van der Waals surface area (Å²) in [6, 6.07) is 21.0. The standard InChI is InChI=1S/C27H28FN3O2/c28-24-12-5-11-22(15-24)27(33)31(17-20-7-3-6-19(14-20)16-29)18-23-8-1-2-13-25(23)30-26(32)21-9-4-10-21/h1-3,5-8,11-15,21H,4,9-10,16-18,29H2,(H,30,32). The van der Waals surface area contributed by atoms with E-state index in [1.54, 1.807) is 11.0 Å². The number of amides is 2. The van der Waals surface area contributed by atoms with Gasteiger partial charge in [-0.15, -0.1) is 0 Å². The zero-order chi connectivity index (χ0) is 23.2. The Morgan fingerprint density at radius 1 is 0.939 bits per heavy atom. The van der Waals surface area contributed by atoms with Gasteiger partial charge in [-0.2, -0.15) is 0 Å². The quantitative estimate of drug-likeness (QED) is 0.520. The van der Waals surface area contributed by atoms with Gasteiger partial charge in [0.1, 0.15) is 5.82 Å². The van der Waals surface area contributed by atoms with Gasteiger partial charge in [0, 0.05) is 36.8 Å². The molecule has 33 heavy (non-hydrogen) atoms. The number of rotatable bonds is 8. The van der Waals surface area contributed by atoms with E-state index in [2.05, 4.69) is 5.32 Å². The molecule has 2 amide bonds. The van der Waals surface area contributed by atoms with Crippen LogP contribution in [0.4, 0.5) is 10.1 Å². The smallest absolute Gasteiger partial charge is 0.254 e. The molecule has 4 rings (SSSR count). The maximum Gasteiger partial charge on any atom is 0.254 e. The van der Waals surface area contributed by atoms with Crippen LogP contribution in [0, 0.1) is 11.7 Å². The number of hydrogen-bond donors (Lipinski definition) is 2. The number of benzene rings is 3. The summed E-state index contributed by atoms with van der Waals surface area (Å²) in [5.74, 6) is -0.665. The van der Waals surface area contributed by atoms with Crippen LogP contribution >= 0.6 is 0 Å². The number of nitrogens with one attached hydrogen (secondary N) is 1. The molecular weight excluding hydrogens is 417 g/mol. The lowest BCUT2D eigenvalue weighted by Crippen LogP contribution is -2.32. The number of para-hydroxylation sites is 1. The highest BCUT2D eigenvalue weighted by atomic mass is 19.1. The summed E-state index contributed by atoms with van der Waals surface area (Å²) in [5.41, 5.74) is 9.48. The van der Waals surface area contributed by atoms with E-state index >= 15 is 0 Å². The summed E-state index contributed by atoms with van der Waals surface area (Å²) < 4.78 is 13.8. The Morgan fingerprint density at radius 2 is 1.70 bits per heavy atom. The summed E-state index contributed by atoms with van der Waals surface area (Å²) >= 11 is 0. The van der Waals surface area contributed by atoms with Crippen LogP contribution in [-0.4, -0.2) is 16.7 Å². The van der Waals surface area contributed by atoms with Crippen molar-refractivity contribution in [3.8, 4) is 0 Å². The molecule has 0 saturated heterocycles. The Labute approximate surface area is 193 Å². The van der Waals surface area contributed by atoms with E-state index in [-0.39, 0.29) is 29.8 Å². The zero-order valence-electron chi connectivity index (χ0n) is 18.5. The molecule has 0 aromatic heterocycles. The van der Waals surface area contributed by atoms with Gasteiger partial charge in [-0.3, -0.25) is 9.59 Å². The number of carbonyl (C=O) groups is 2. The third-order valence-electron chi connectivity index (χ3n) is 6.07. The normalized spacial score (nSPS) is 13.3. The van der Waals surface area contributed by atoms with Gasteiger partial charge in [-0.1, -0.05) is 55.0 Å². The van der Waals surface area contributed by atoms with E-state index in [1.165, 1.54) is 18.2 Å². The van der Waals surface area contributed by atoms with E-state index in [0.717, 1.165) is 36.0 Å². The number of nitrogens with two attached hydrogens (primary N) is 1. The Hall–Kier alpha value is -3.51. The monoisotopic (exact) mass is 445 g/mol. The number of nitrogens with zero attached hydrogens (tertiary/aromatic N) is 1. The molecule has 0 heterocycles. The molecule has 1 aliphatic carbocycles. The molecule has 0 spiro atoms. The van der Waals surface area contributed by atoms with Crippen LogP contribution in [0.3, 0.4) is 0 Å². The van der Waals surface area contributed by atoms with Crippen LogP contribution in [-0.2, 0) is 24.4 Å². The Morgan fingerprint density at radius 3 is 2.42 bits per heavy atom. The molecule has 0 radical (unpaired) electrons. The van der Waals surface area contributed by atoms with Crippen molar-refractivity contribution >= 4 is 17.5 Å². The van der Waals surface area contributed by atoms with Crippen molar-refractivity contribution in [3.05, 3.63) is 101 Å². The van der Waals surface area contributed by atoms with Gasteiger partial charge in [0.15, 0.2) is 0 Å². The second kappa shape index (κ2) is 10.4. The lowest BCUT2D eigenvalue weighted by Gasteiger charge is -2.27. The summed E-state index contributed by atoms with van der Waals surface area (Å²) in [6.45, 7) is 0.999. The SMILES string of the molecule is NCc1cccc(CN(Cc2ccccc2NC(=O)C2CCC2)C(=O)c2cccc(F)c2)c1. The first-order valence-electron chi connectivity index (χ1n) is 11.2. The van der Waals surface area contributed by atoms with Crippen molar-refractivity contribution in [3.63, 3.8) is 0 Å². The number of carbonyl (C=O) groups excluding carboxylic acids is 2. The molecule has 1 aliphatic rings. The van der Waals surface area contributed by atoms with Crippen LogP contribution in [0.5, 0.6) is 0 Å². The zero-order valence-corrected chi connectivity index (χ0v) is 18.5. The summed E-state index contributed by atoms with van der Waals surface area (Å²) in [4.78, 5) is 27.6. The second-order valence-corrected chi connectivity index (χ2v) is 8.47. The third kappa shape index (κ3) is 5.65. The molecule has 0 aliphatic heterocycles. The number of anilines is 1. The molecule has 0 atom stereocenters. The van der Waals surface area contributed by atoms with Gasteiger partial charge in [0.05, 0.1) is 0 Å². The summed E-state index contributed by atoms with van der Waals surface area (Å²) in [7, 11) is 0. The molecule has 1 saturated carbocycles. The summed E-state index contributed by atoms with van der Waals surface area (Å²) in [5, 5.41) is 3.03. The van der Waals surface area contributed by atoms with E-state index in [0.29, 0.717) is 18.8 Å². The number of hydrogen-bond acceptors (Lipinski definition) is 3. The van der Waals surface area contributed by atoms with E-state index < -0.39 is 5.82 Å². The minimum Gasteiger partial charge on any atom is -0.330 e. The Kier molecular flexibility index (Phi) is 7.15. The van der Waals surface area contributed by atoms with Gasteiger partial charge in [-0.25, -0.2) is 4.39 Å². The van der Waals surface area contributed by atoms with Gasteiger partial charge in [0.2, 0.25) is 5.91 Å². The summed E-state index contributed by atoms with van der Waals surface area (Å²) in [6.07, 6.45) is 2.91. The molecule has 170 valence electrons. The van der Waals surface area contributed by atoms with Crippen LogP contribution in [0.1, 0.15) is 46.3 Å². The maximum absolute atomic E-state index is 13.8. The second-order valence-electron chi connectivity index (χ2n) is 8.47. The first-order chi connectivity index (χ1) is 16.0. The Balaban J connectivity index is 1.62. The molecule has 0 unspecified atom stereocenters. The van der Waals surface area contributed by atoms with Crippen molar-refractivity contribution in [2.75, 3.05) is 5.32 Å². The lowest BCUT2D eigenvalue weighted by molar-refractivity contribution is -0.122. The molecule has 0 bridgehead atoms. The van der Waals surface area contributed by atoms with Crippen molar-refractivity contribution in [1.29, 1.82) is 0 Å². The van der Waals surface area contributed by atoms with Crippen LogP contribution in [0.2, 0.25) is 0 Å². The van der Waals surface area contributed by atoms with Gasteiger partial charge < -0.3 is 16.0 Å². The molecule has 3 N–H and O–H groups in total. The van der Waals surface area contributed by atoms with Crippen LogP contribution in [0.25, 0.3) is 0 Å². The highest BCUT2D eigenvalue weighted by Crippen LogP contribution is 2.29. The fourth-order valence-corrected chi connectivity index (χ4v) is 3.97. The van der Waals surface area contributed by atoms with E-state index in [4.69, 9.17) is 5.73 Å². The highest BCUT2D eigenvalue weighted by Gasteiger charge is 2.26.